The van der Waals surface area contributed by atoms with Gasteiger partial charge < -0.3 is 15.0 Å². The van der Waals surface area contributed by atoms with Gasteiger partial charge in [0, 0.05) is 34.8 Å². The number of rotatable bonds is 4. The summed E-state index contributed by atoms with van der Waals surface area (Å²) in [5.74, 6) is 0.706. The number of amides is 1. The van der Waals surface area contributed by atoms with Crippen LogP contribution < -0.4 is 10.1 Å². The zero-order chi connectivity index (χ0) is 19.8. The Hall–Kier alpha value is -3.86. The van der Waals surface area contributed by atoms with E-state index in [1.54, 1.807) is 7.11 Å². The van der Waals surface area contributed by atoms with Gasteiger partial charge >= 0.3 is 0 Å². The van der Waals surface area contributed by atoms with Crippen molar-refractivity contribution in [2.24, 2.45) is 4.99 Å². The van der Waals surface area contributed by atoms with Crippen LogP contribution in [0.15, 0.2) is 77.9 Å². The molecule has 5 nitrogen and oxygen atoms in total. The quantitative estimate of drug-likeness (QED) is 0.516. The van der Waals surface area contributed by atoms with Crippen LogP contribution in [0, 0.1) is 0 Å². The lowest BCUT2D eigenvalue weighted by molar-refractivity contribution is 0.102. The highest BCUT2D eigenvalue weighted by Gasteiger charge is 2.17. The molecule has 0 atom stereocenters. The molecule has 2 heterocycles. The monoisotopic (exact) mass is 381 g/mol. The molecule has 0 radical (unpaired) electrons. The van der Waals surface area contributed by atoms with E-state index in [1.165, 1.54) is 0 Å². The predicted octanol–water partition coefficient (Wildman–Crippen LogP) is 5.11. The van der Waals surface area contributed by atoms with E-state index in [0.717, 1.165) is 51.3 Å². The lowest BCUT2D eigenvalue weighted by Gasteiger charge is -2.07. The number of aromatic amines is 1. The number of hydrogen-bond donors (Lipinski definition) is 2. The topological polar surface area (TPSA) is 66.5 Å². The molecule has 0 saturated carbocycles. The number of anilines is 1. The van der Waals surface area contributed by atoms with E-state index >= 15 is 0 Å². The molecule has 0 fully saturated rings. The fraction of sp³-hybridized carbons (Fsp3) is 0.0833. The number of hydrogen-bond acceptors (Lipinski definition) is 3. The first-order chi connectivity index (χ1) is 14.2. The highest BCUT2D eigenvalue weighted by Crippen LogP contribution is 2.32. The summed E-state index contributed by atoms with van der Waals surface area (Å²) in [6.07, 6.45) is 2.64. The number of aromatic nitrogens is 1. The van der Waals surface area contributed by atoms with E-state index in [9.17, 15) is 4.79 Å². The highest BCUT2D eigenvalue weighted by molar-refractivity contribution is 6.08. The van der Waals surface area contributed by atoms with Crippen LogP contribution in [-0.4, -0.2) is 23.7 Å². The van der Waals surface area contributed by atoms with Crippen LogP contribution >= 0.6 is 0 Å². The van der Waals surface area contributed by atoms with Gasteiger partial charge in [-0.3, -0.25) is 9.79 Å². The maximum atomic E-state index is 12.6. The van der Waals surface area contributed by atoms with Crippen molar-refractivity contribution in [1.29, 1.82) is 0 Å². The average Bonchev–Trinajstić information content (AvgIpc) is 3.39. The number of benzene rings is 3. The van der Waals surface area contributed by atoms with E-state index in [2.05, 4.69) is 10.3 Å². The van der Waals surface area contributed by atoms with Crippen molar-refractivity contribution in [3.05, 3.63) is 89.6 Å². The van der Waals surface area contributed by atoms with Gasteiger partial charge in [-0.25, -0.2) is 0 Å². The predicted molar refractivity (Wildman–Crippen MR) is 116 cm³/mol. The van der Waals surface area contributed by atoms with E-state index < -0.39 is 0 Å². The van der Waals surface area contributed by atoms with Crippen molar-refractivity contribution in [2.75, 3.05) is 12.4 Å². The van der Waals surface area contributed by atoms with Crippen LogP contribution in [0.1, 0.15) is 21.5 Å². The molecule has 1 aromatic heterocycles. The molecule has 5 heteroatoms. The lowest BCUT2D eigenvalue weighted by atomic mass is 10.0. The SMILES string of the molecule is COc1ccc2c(c1)CC(c1ccc(C(=O)Nc3ccc4[nH]ccc4c3)cc1)=N2. The first kappa shape index (κ1) is 17.3. The number of carbonyl (C=O) groups excluding carboxylic acids is 1. The Labute approximate surface area is 168 Å². The number of nitrogens with one attached hydrogen (secondary N) is 2. The van der Waals surface area contributed by atoms with Gasteiger partial charge in [-0.1, -0.05) is 12.1 Å². The normalized spacial score (nSPS) is 12.5. The van der Waals surface area contributed by atoms with Crippen LogP contribution in [-0.2, 0) is 6.42 Å². The standard InChI is InChI=1S/C24H19N3O2/c1-29-20-7-9-22-18(13-20)14-23(27-22)15-2-4-16(5-3-15)24(28)26-19-6-8-21-17(12-19)10-11-25-21/h2-13,25H,14H2,1H3,(H,26,28). The fourth-order valence-corrected chi connectivity index (χ4v) is 3.62. The molecule has 0 aliphatic carbocycles. The van der Waals surface area contributed by atoms with Gasteiger partial charge in [0.25, 0.3) is 5.91 Å². The molecule has 4 aromatic rings. The van der Waals surface area contributed by atoms with Gasteiger partial charge in [0.05, 0.1) is 18.5 Å². The van der Waals surface area contributed by atoms with Gasteiger partial charge in [0.15, 0.2) is 0 Å². The van der Waals surface area contributed by atoms with Crippen molar-refractivity contribution in [3.63, 3.8) is 0 Å². The Balaban J connectivity index is 1.31. The maximum Gasteiger partial charge on any atom is 0.255 e. The first-order valence-corrected chi connectivity index (χ1v) is 9.43. The van der Waals surface area contributed by atoms with Gasteiger partial charge in [0.2, 0.25) is 0 Å². The molecule has 3 aromatic carbocycles. The third-order valence-corrected chi connectivity index (χ3v) is 5.19. The lowest BCUT2D eigenvalue weighted by Crippen LogP contribution is -2.12. The molecule has 5 rings (SSSR count). The summed E-state index contributed by atoms with van der Waals surface area (Å²) in [4.78, 5) is 20.5. The third kappa shape index (κ3) is 3.27. The summed E-state index contributed by atoms with van der Waals surface area (Å²) in [6, 6.07) is 21.3. The van der Waals surface area contributed by atoms with Crippen molar-refractivity contribution >= 4 is 33.9 Å². The Morgan fingerprint density at radius 2 is 1.90 bits per heavy atom. The number of carbonyl (C=O) groups is 1. The minimum Gasteiger partial charge on any atom is -0.497 e. The summed E-state index contributed by atoms with van der Waals surface area (Å²) in [6.45, 7) is 0. The maximum absolute atomic E-state index is 12.6. The molecular formula is C24H19N3O2. The highest BCUT2D eigenvalue weighted by atomic mass is 16.5. The number of aliphatic imine (C=N–C) groups is 1. The molecule has 0 saturated heterocycles. The van der Waals surface area contributed by atoms with Crippen LogP contribution in [0.3, 0.4) is 0 Å². The zero-order valence-electron chi connectivity index (χ0n) is 15.9. The Morgan fingerprint density at radius 1 is 1.03 bits per heavy atom. The molecule has 142 valence electrons. The number of nitrogens with zero attached hydrogens (tertiary/aromatic N) is 1. The Morgan fingerprint density at radius 3 is 2.72 bits per heavy atom. The largest absolute Gasteiger partial charge is 0.497 e. The number of H-pyrrole nitrogens is 1. The van der Waals surface area contributed by atoms with Gasteiger partial charge in [-0.15, -0.1) is 0 Å². The van der Waals surface area contributed by atoms with Crippen LogP contribution in [0.4, 0.5) is 11.4 Å². The summed E-state index contributed by atoms with van der Waals surface area (Å²) >= 11 is 0. The molecule has 0 bridgehead atoms. The molecule has 0 spiro atoms. The number of fused-ring (bicyclic) bond motifs is 2. The van der Waals surface area contributed by atoms with Crippen LogP contribution in [0.25, 0.3) is 10.9 Å². The zero-order valence-corrected chi connectivity index (χ0v) is 15.9. The minimum atomic E-state index is -0.132. The second kappa shape index (κ2) is 6.95. The Bertz CT molecular complexity index is 1250. The van der Waals surface area contributed by atoms with E-state index in [-0.39, 0.29) is 5.91 Å². The van der Waals surface area contributed by atoms with E-state index in [4.69, 9.17) is 9.73 Å². The summed E-state index contributed by atoms with van der Waals surface area (Å²) in [5, 5.41) is 4.02. The first-order valence-electron chi connectivity index (χ1n) is 9.43. The fourth-order valence-electron chi connectivity index (χ4n) is 3.62. The molecule has 0 unspecified atom stereocenters. The number of ether oxygens (including phenoxy) is 1. The smallest absolute Gasteiger partial charge is 0.255 e. The number of methoxy groups -OCH3 is 1. The van der Waals surface area contributed by atoms with Crippen molar-refractivity contribution in [2.45, 2.75) is 6.42 Å². The Kier molecular flexibility index (Phi) is 4.13. The molecule has 1 amide bonds. The van der Waals surface area contributed by atoms with Gasteiger partial charge in [-0.2, -0.15) is 0 Å². The van der Waals surface area contributed by atoms with Crippen molar-refractivity contribution < 1.29 is 9.53 Å². The average molecular weight is 381 g/mol. The summed E-state index contributed by atoms with van der Waals surface area (Å²) < 4.78 is 5.29. The van der Waals surface area contributed by atoms with Gasteiger partial charge in [0.1, 0.15) is 5.75 Å². The third-order valence-electron chi connectivity index (χ3n) is 5.19. The molecule has 2 N–H and O–H groups in total. The summed E-state index contributed by atoms with van der Waals surface area (Å²) in [7, 11) is 1.67. The molecule has 1 aliphatic heterocycles. The van der Waals surface area contributed by atoms with Gasteiger partial charge in [-0.05, 0) is 65.7 Å². The van der Waals surface area contributed by atoms with E-state index in [0.29, 0.717) is 5.56 Å². The summed E-state index contributed by atoms with van der Waals surface area (Å²) in [5.41, 5.74) is 6.58. The van der Waals surface area contributed by atoms with Crippen LogP contribution in [0.2, 0.25) is 0 Å². The molecule has 1 aliphatic rings. The second-order valence-electron chi connectivity index (χ2n) is 7.04. The van der Waals surface area contributed by atoms with E-state index in [1.807, 2.05) is 72.9 Å². The van der Waals surface area contributed by atoms with Crippen LogP contribution in [0.5, 0.6) is 5.75 Å². The van der Waals surface area contributed by atoms with Crippen molar-refractivity contribution in [1.82, 2.24) is 4.98 Å². The minimum absolute atomic E-state index is 0.132. The second-order valence-corrected chi connectivity index (χ2v) is 7.04. The molecule has 29 heavy (non-hydrogen) atoms. The van der Waals surface area contributed by atoms with Crippen molar-refractivity contribution in [3.8, 4) is 5.75 Å². The molecular weight excluding hydrogens is 362 g/mol.